The Labute approximate surface area is 222 Å². The number of nitrogens with zero attached hydrogens (tertiary/aromatic N) is 5. The molecule has 0 atom stereocenters. The Kier molecular flexibility index (Phi) is 13.6. The van der Waals surface area contributed by atoms with E-state index in [1.54, 1.807) is 43.3 Å². The lowest BCUT2D eigenvalue weighted by Gasteiger charge is -2.34. The molecule has 1 saturated heterocycles. The SMILES string of the molecule is CC=O.CCCc1ccnn(CC/C(=C(/N)c2ccc(N3CCCC(F)(F)C3)c(C)n2)N(C)N)c1=O.CO. The van der Waals surface area contributed by atoms with Gasteiger partial charge in [-0.25, -0.2) is 24.3 Å². The average molecular weight is 538 g/mol. The van der Waals surface area contributed by atoms with Crippen LogP contribution in [0.5, 0.6) is 0 Å². The zero-order valence-corrected chi connectivity index (χ0v) is 23.0. The van der Waals surface area contributed by atoms with Gasteiger partial charge < -0.3 is 25.5 Å². The Bertz CT molecular complexity index is 1120. The Morgan fingerprint density at radius 2 is 1.95 bits per heavy atom. The molecule has 5 N–H and O–H groups in total. The van der Waals surface area contributed by atoms with E-state index in [2.05, 4.69) is 10.1 Å². The second-order valence-corrected chi connectivity index (χ2v) is 8.77. The summed E-state index contributed by atoms with van der Waals surface area (Å²) < 4.78 is 29.1. The van der Waals surface area contributed by atoms with E-state index in [4.69, 9.17) is 21.5 Å². The normalized spacial score (nSPS) is 14.8. The van der Waals surface area contributed by atoms with Crippen molar-refractivity contribution in [1.82, 2.24) is 19.8 Å². The van der Waals surface area contributed by atoms with Crippen molar-refractivity contribution in [2.24, 2.45) is 11.6 Å². The lowest BCUT2D eigenvalue weighted by molar-refractivity contribution is -0.106. The molecule has 1 aliphatic rings. The number of hydrazine groups is 1. The van der Waals surface area contributed by atoms with Crippen LogP contribution >= 0.6 is 0 Å². The number of aromatic nitrogens is 3. The first-order chi connectivity index (χ1) is 18.0. The van der Waals surface area contributed by atoms with Gasteiger partial charge in [-0.3, -0.25) is 4.79 Å². The highest BCUT2D eigenvalue weighted by Crippen LogP contribution is 2.31. The van der Waals surface area contributed by atoms with Crippen LogP contribution in [0.3, 0.4) is 0 Å². The molecule has 0 saturated carbocycles. The lowest BCUT2D eigenvalue weighted by atomic mass is 10.1. The first kappa shape index (κ1) is 32.6. The number of anilines is 1. The molecule has 10 nitrogen and oxygen atoms in total. The summed E-state index contributed by atoms with van der Waals surface area (Å²) in [5, 5.41) is 12.6. The van der Waals surface area contributed by atoms with Crippen LogP contribution in [0.2, 0.25) is 0 Å². The number of alkyl halides is 2. The molecule has 3 heterocycles. The highest BCUT2D eigenvalue weighted by atomic mass is 19.3. The lowest BCUT2D eigenvalue weighted by Crippen LogP contribution is -2.43. The number of hydrogen-bond donors (Lipinski definition) is 3. The maximum absolute atomic E-state index is 13.9. The van der Waals surface area contributed by atoms with Gasteiger partial charge in [-0.2, -0.15) is 5.10 Å². The Hall–Kier alpha value is -3.38. The molecule has 3 rings (SSSR count). The first-order valence-corrected chi connectivity index (χ1v) is 12.5. The summed E-state index contributed by atoms with van der Waals surface area (Å²) in [6.45, 7) is 5.82. The van der Waals surface area contributed by atoms with Crippen LogP contribution in [0.15, 0.2) is 34.9 Å². The van der Waals surface area contributed by atoms with Gasteiger partial charge in [-0.15, -0.1) is 0 Å². The van der Waals surface area contributed by atoms with Gasteiger partial charge >= 0.3 is 0 Å². The van der Waals surface area contributed by atoms with Crippen LogP contribution in [0, 0.1) is 6.92 Å². The van der Waals surface area contributed by atoms with E-state index in [0.29, 0.717) is 60.8 Å². The molecule has 0 aliphatic carbocycles. The van der Waals surface area contributed by atoms with Gasteiger partial charge in [-0.05, 0) is 44.9 Å². The second kappa shape index (κ2) is 15.8. The van der Waals surface area contributed by atoms with Crippen LogP contribution in [-0.4, -0.2) is 64.3 Å². The Morgan fingerprint density at radius 1 is 1.29 bits per heavy atom. The summed E-state index contributed by atoms with van der Waals surface area (Å²) in [5.41, 5.74) is 9.81. The molecular formula is C26H41F2N7O3. The predicted molar refractivity (Wildman–Crippen MR) is 145 cm³/mol. The van der Waals surface area contributed by atoms with Crippen molar-refractivity contribution in [3.05, 3.63) is 57.4 Å². The van der Waals surface area contributed by atoms with E-state index in [-0.39, 0.29) is 18.5 Å². The predicted octanol–water partition coefficient (Wildman–Crippen LogP) is 2.47. The van der Waals surface area contributed by atoms with Crippen molar-refractivity contribution < 1.29 is 18.7 Å². The highest BCUT2D eigenvalue weighted by molar-refractivity contribution is 5.65. The summed E-state index contributed by atoms with van der Waals surface area (Å²) in [7, 11) is 2.67. The van der Waals surface area contributed by atoms with Gasteiger partial charge in [0.15, 0.2) is 0 Å². The largest absolute Gasteiger partial charge is 0.400 e. The van der Waals surface area contributed by atoms with Gasteiger partial charge in [0.25, 0.3) is 11.5 Å². The van der Waals surface area contributed by atoms with Gasteiger partial charge in [0.1, 0.15) is 6.29 Å². The quantitative estimate of drug-likeness (QED) is 0.263. The fourth-order valence-electron chi connectivity index (χ4n) is 4.18. The molecular weight excluding hydrogens is 496 g/mol. The molecule has 0 unspecified atom stereocenters. The van der Waals surface area contributed by atoms with Gasteiger partial charge in [0, 0.05) is 45.3 Å². The average Bonchev–Trinajstić information content (AvgIpc) is 2.87. The minimum absolute atomic E-state index is 0.0881. The zero-order valence-electron chi connectivity index (χ0n) is 23.0. The fraction of sp³-hybridized carbons (Fsp3) is 0.538. The number of hydrogen-bond acceptors (Lipinski definition) is 9. The van der Waals surface area contributed by atoms with Crippen molar-refractivity contribution >= 4 is 17.7 Å². The number of aliphatic hydroxyl groups is 1. The van der Waals surface area contributed by atoms with Crippen molar-refractivity contribution in [2.45, 2.75) is 65.3 Å². The molecule has 0 aromatic carbocycles. The van der Waals surface area contributed by atoms with Crippen LogP contribution in [0.25, 0.3) is 5.70 Å². The summed E-state index contributed by atoms with van der Waals surface area (Å²) in [5.74, 6) is 3.34. The number of carbonyl (C=O) groups is 1. The molecule has 12 heteroatoms. The van der Waals surface area contributed by atoms with Crippen molar-refractivity contribution in [3.8, 4) is 0 Å². The second-order valence-electron chi connectivity index (χ2n) is 8.77. The van der Waals surface area contributed by atoms with E-state index < -0.39 is 5.92 Å². The van der Waals surface area contributed by atoms with Crippen LogP contribution in [0.4, 0.5) is 14.5 Å². The van der Waals surface area contributed by atoms with Crippen LogP contribution in [0.1, 0.15) is 56.5 Å². The van der Waals surface area contributed by atoms with E-state index in [9.17, 15) is 13.6 Å². The van der Waals surface area contributed by atoms with E-state index in [1.807, 2.05) is 6.92 Å². The summed E-state index contributed by atoms with van der Waals surface area (Å²) >= 11 is 0. The minimum Gasteiger partial charge on any atom is -0.400 e. The third-order valence-electron chi connectivity index (χ3n) is 5.87. The topological polar surface area (TPSA) is 144 Å². The van der Waals surface area contributed by atoms with Crippen molar-refractivity contribution in [1.29, 1.82) is 0 Å². The molecule has 1 fully saturated rings. The monoisotopic (exact) mass is 537 g/mol. The smallest absolute Gasteiger partial charge is 0.269 e. The molecule has 0 spiro atoms. The molecule has 0 bridgehead atoms. The number of aliphatic hydroxyl groups excluding tert-OH is 1. The molecule has 38 heavy (non-hydrogen) atoms. The van der Waals surface area contributed by atoms with Crippen LogP contribution < -0.4 is 22.0 Å². The van der Waals surface area contributed by atoms with Gasteiger partial charge in [0.05, 0.1) is 41.6 Å². The number of pyridine rings is 1. The number of aryl methyl sites for hydroxylation is 3. The maximum Gasteiger partial charge on any atom is 0.269 e. The Balaban J connectivity index is 0.00000135. The molecule has 0 radical (unpaired) electrons. The zero-order chi connectivity index (χ0) is 28.9. The maximum atomic E-state index is 13.9. The molecule has 0 amide bonds. The van der Waals surface area contributed by atoms with E-state index in [0.717, 1.165) is 25.4 Å². The molecule has 1 aliphatic heterocycles. The van der Waals surface area contributed by atoms with Crippen molar-refractivity contribution in [2.75, 3.05) is 32.1 Å². The number of carbonyl (C=O) groups excluding carboxylic acids is 1. The third-order valence-corrected chi connectivity index (χ3v) is 5.87. The molecule has 2 aromatic rings. The highest BCUT2D eigenvalue weighted by Gasteiger charge is 2.35. The Morgan fingerprint density at radius 3 is 2.50 bits per heavy atom. The first-order valence-electron chi connectivity index (χ1n) is 12.5. The number of allylic oxidation sites excluding steroid dienone is 1. The van der Waals surface area contributed by atoms with E-state index >= 15 is 0 Å². The van der Waals surface area contributed by atoms with Crippen LogP contribution in [-0.2, 0) is 17.8 Å². The summed E-state index contributed by atoms with van der Waals surface area (Å²) in [6.07, 6.45) is 4.67. The van der Waals surface area contributed by atoms with Gasteiger partial charge in [0.2, 0.25) is 0 Å². The third kappa shape index (κ3) is 9.18. The number of aldehydes is 1. The van der Waals surface area contributed by atoms with E-state index in [1.165, 1.54) is 16.6 Å². The summed E-state index contributed by atoms with van der Waals surface area (Å²) in [6, 6.07) is 5.25. The van der Waals surface area contributed by atoms with Gasteiger partial charge in [-0.1, -0.05) is 13.3 Å². The number of piperidine rings is 1. The number of halogens is 2. The number of rotatable bonds is 8. The summed E-state index contributed by atoms with van der Waals surface area (Å²) in [4.78, 5) is 27.7. The molecule has 212 valence electrons. The van der Waals surface area contributed by atoms with Crippen molar-refractivity contribution in [3.63, 3.8) is 0 Å². The number of nitrogens with two attached hydrogens (primary N) is 2. The fourth-order valence-corrected chi connectivity index (χ4v) is 4.18. The standard InChI is InChI=1S/C23H33F2N7O.C2H4O.CH4O/c1-4-6-17-9-12-28-32(22(17)33)14-10-20(30(3)27)21(26)18-7-8-19(16(2)29-18)31-13-5-11-23(24,25)15-31;1-2-3;1-2/h7-9,12H,4-6,10-11,13-15,26-27H2,1-3H3;2H,1H3;2H,1H3/b21-20-;;. The minimum atomic E-state index is -2.70. The molecule has 2 aromatic heterocycles.